The van der Waals surface area contributed by atoms with Gasteiger partial charge in [-0.1, -0.05) is 0 Å². The number of carboxylic acids is 1. The smallest absolute Gasteiger partial charge is 0.359 e. The molecule has 0 atom stereocenters. The zero-order chi connectivity index (χ0) is 13.1. The average Bonchev–Trinajstić information content (AvgIpc) is 2.70. The van der Waals surface area contributed by atoms with Crippen molar-refractivity contribution in [1.29, 1.82) is 0 Å². The summed E-state index contributed by atoms with van der Waals surface area (Å²) in [6.07, 6.45) is 4.51. The standard InChI is InChI=1S/C12H14N2O3S/c1-7(15)11(12(16)17)14-13-10-6-8-4-2-3-5-9(8)18-10/h6,15H,2-5H2,1H3,(H,16,17)/b11-7+,14-13?. The molecule has 0 unspecified atom stereocenters. The predicted molar refractivity (Wildman–Crippen MR) is 68.4 cm³/mol. The van der Waals surface area contributed by atoms with Gasteiger partial charge in [-0.25, -0.2) is 4.79 Å². The first-order valence-corrected chi connectivity index (χ1v) is 6.56. The van der Waals surface area contributed by atoms with Crippen LogP contribution in [-0.4, -0.2) is 16.2 Å². The van der Waals surface area contributed by atoms with E-state index >= 15 is 0 Å². The van der Waals surface area contributed by atoms with E-state index in [0.29, 0.717) is 5.00 Å². The van der Waals surface area contributed by atoms with E-state index in [1.165, 1.54) is 30.2 Å². The highest BCUT2D eigenvalue weighted by molar-refractivity contribution is 7.15. The summed E-state index contributed by atoms with van der Waals surface area (Å²) in [6.45, 7) is 1.28. The molecule has 1 aromatic rings. The fraction of sp³-hybridized carbons (Fsp3) is 0.417. The number of rotatable bonds is 3. The van der Waals surface area contributed by atoms with Crippen LogP contribution in [0, 0.1) is 0 Å². The van der Waals surface area contributed by atoms with E-state index in [0.717, 1.165) is 12.8 Å². The molecular formula is C12H14N2O3S. The largest absolute Gasteiger partial charge is 0.510 e. The van der Waals surface area contributed by atoms with Crippen LogP contribution in [0.25, 0.3) is 0 Å². The van der Waals surface area contributed by atoms with Crippen molar-refractivity contribution in [2.24, 2.45) is 10.2 Å². The third-order valence-electron chi connectivity index (χ3n) is 2.78. The van der Waals surface area contributed by atoms with Crippen LogP contribution in [0.3, 0.4) is 0 Å². The number of thiophene rings is 1. The lowest BCUT2D eigenvalue weighted by Crippen LogP contribution is -1.99. The Bertz CT molecular complexity index is 504. The monoisotopic (exact) mass is 266 g/mol. The van der Waals surface area contributed by atoms with Gasteiger partial charge < -0.3 is 10.2 Å². The number of aliphatic hydroxyl groups is 1. The zero-order valence-corrected chi connectivity index (χ0v) is 10.8. The first kappa shape index (κ1) is 12.8. The average molecular weight is 266 g/mol. The number of aliphatic carboxylic acids is 1. The van der Waals surface area contributed by atoms with Gasteiger partial charge in [-0.05, 0) is 44.2 Å². The molecule has 1 aliphatic carbocycles. The van der Waals surface area contributed by atoms with Crippen molar-refractivity contribution in [3.05, 3.63) is 28.0 Å². The molecule has 1 aromatic heterocycles. The number of nitrogens with zero attached hydrogens (tertiary/aromatic N) is 2. The van der Waals surface area contributed by atoms with Crippen molar-refractivity contribution in [1.82, 2.24) is 0 Å². The van der Waals surface area contributed by atoms with Gasteiger partial charge in [0.1, 0.15) is 10.8 Å². The Morgan fingerprint density at radius 2 is 2.06 bits per heavy atom. The molecule has 96 valence electrons. The van der Waals surface area contributed by atoms with E-state index in [2.05, 4.69) is 10.2 Å². The van der Waals surface area contributed by atoms with Gasteiger partial charge in [0.15, 0.2) is 0 Å². The number of carboxylic acid groups (broad SMARTS) is 1. The molecule has 0 fully saturated rings. The molecule has 0 amide bonds. The van der Waals surface area contributed by atoms with Crippen molar-refractivity contribution in [3.63, 3.8) is 0 Å². The lowest BCUT2D eigenvalue weighted by molar-refractivity contribution is -0.132. The van der Waals surface area contributed by atoms with Crippen LogP contribution in [0.4, 0.5) is 5.00 Å². The van der Waals surface area contributed by atoms with Gasteiger partial charge in [-0.3, -0.25) is 0 Å². The van der Waals surface area contributed by atoms with Crippen molar-refractivity contribution < 1.29 is 15.0 Å². The molecule has 2 N–H and O–H groups in total. The van der Waals surface area contributed by atoms with E-state index in [1.54, 1.807) is 11.3 Å². The fourth-order valence-electron chi connectivity index (χ4n) is 1.89. The van der Waals surface area contributed by atoms with Crippen LogP contribution in [0.2, 0.25) is 0 Å². The van der Waals surface area contributed by atoms with Crippen LogP contribution in [-0.2, 0) is 17.6 Å². The first-order chi connectivity index (χ1) is 8.58. The van der Waals surface area contributed by atoms with Gasteiger partial charge in [-0.2, -0.15) is 0 Å². The van der Waals surface area contributed by atoms with E-state index < -0.39 is 11.7 Å². The van der Waals surface area contributed by atoms with Gasteiger partial charge >= 0.3 is 5.97 Å². The molecule has 1 aliphatic rings. The molecule has 0 radical (unpaired) electrons. The lowest BCUT2D eigenvalue weighted by atomic mass is 10.00. The predicted octanol–water partition coefficient (Wildman–Crippen LogP) is 3.58. The highest BCUT2D eigenvalue weighted by atomic mass is 32.1. The third kappa shape index (κ3) is 2.76. The highest BCUT2D eigenvalue weighted by Gasteiger charge is 2.14. The van der Waals surface area contributed by atoms with Gasteiger partial charge in [0.2, 0.25) is 5.70 Å². The van der Waals surface area contributed by atoms with E-state index in [9.17, 15) is 9.90 Å². The first-order valence-electron chi connectivity index (χ1n) is 5.74. The maximum atomic E-state index is 10.8. The molecule has 0 spiro atoms. The second kappa shape index (κ2) is 5.30. The summed E-state index contributed by atoms with van der Waals surface area (Å²) >= 11 is 1.54. The molecule has 0 saturated heterocycles. The second-order valence-corrected chi connectivity index (χ2v) is 5.29. The summed E-state index contributed by atoms with van der Waals surface area (Å²) in [6, 6.07) is 1.95. The van der Waals surface area contributed by atoms with E-state index in [1.807, 2.05) is 6.07 Å². The van der Waals surface area contributed by atoms with E-state index in [4.69, 9.17) is 5.11 Å². The highest BCUT2D eigenvalue weighted by Crippen LogP contribution is 2.35. The zero-order valence-electron chi connectivity index (χ0n) is 10.0. The maximum absolute atomic E-state index is 10.8. The quantitative estimate of drug-likeness (QED) is 0.498. The van der Waals surface area contributed by atoms with Gasteiger partial charge in [0, 0.05) is 4.88 Å². The number of fused-ring (bicyclic) bond motifs is 1. The number of azo groups is 1. The summed E-state index contributed by atoms with van der Waals surface area (Å²) in [4.78, 5) is 12.1. The Morgan fingerprint density at radius 1 is 1.33 bits per heavy atom. The van der Waals surface area contributed by atoms with Crippen LogP contribution in [0.5, 0.6) is 0 Å². The minimum Gasteiger partial charge on any atom is -0.510 e. The molecule has 18 heavy (non-hydrogen) atoms. The molecule has 5 nitrogen and oxygen atoms in total. The van der Waals surface area contributed by atoms with Crippen molar-refractivity contribution >= 4 is 22.3 Å². The minimum absolute atomic E-state index is 0.340. The number of hydrogen-bond donors (Lipinski definition) is 2. The topological polar surface area (TPSA) is 82.2 Å². The number of hydrogen-bond acceptors (Lipinski definition) is 5. The Hall–Kier alpha value is -1.69. The van der Waals surface area contributed by atoms with Gasteiger partial charge in [-0.15, -0.1) is 21.6 Å². The van der Waals surface area contributed by atoms with Gasteiger partial charge in [0.05, 0.1) is 0 Å². The summed E-state index contributed by atoms with van der Waals surface area (Å²) < 4.78 is 0. The molecule has 6 heteroatoms. The minimum atomic E-state index is -1.28. The summed E-state index contributed by atoms with van der Waals surface area (Å²) in [5, 5.41) is 26.2. The van der Waals surface area contributed by atoms with Crippen LogP contribution < -0.4 is 0 Å². The summed E-state index contributed by atoms with van der Waals surface area (Å²) in [7, 11) is 0. The number of carbonyl (C=O) groups is 1. The normalized spacial score (nSPS) is 16.5. The maximum Gasteiger partial charge on any atom is 0.359 e. The van der Waals surface area contributed by atoms with Crippen LogP contribution in [0.1, 0.15) is 30.2 Å². The van der Waals surface area contributed by atoms with Crippen molar-refractivity contribution in [3.8, 4) is 0 Å². The third-order valence-corrected chi connectivity index (χ3v) is 3.90. The van der Waals surface area contributed by atoms with Crippen LogP contribution in [0.15, 0.2) is 27.8 Å². The SMILES string of the molecule is C/C(O)=C(\N=Nc1cc2c(s1)CCCC2)C(=O)O. The van der Waals surface area contributed by atoms with Crippen molar-refractivity contribution in [2.75, 3.05) is 0 Å². The lowest BCUT2D eigenvalue weighted by Gasteiger charge is -2.08. The van der Waals surface area contributed by atoms with Gasteiger partial charge in [0.25, 0.3) is 0 Å². The molecule has 0 aliphatic heterocycles. The van der Waals surface area contributed by atoms with E-state index in [-0.39, 0.29) is 5.76 Å². The Kier molecular flexibility index (Phi) is 3.76. The number of allylic oxidation sites excluding steroid dienone is 1. The molecule has 0 bridgehead atoms. The Labute approximate surface area is 108 Å². The molecule has 1 heterocycles. The van der Waals surface area contributed by atoms with Crippen LogP contribution >= 0.6 is 11.3 Å². The number of aliphatic hydroxyl groups excluding tert-OH is 1. The summed E-state index contributed by atoms with van der Waals surface area (Å²) in [5.41, 5.74) is 0.878. The fourth-order valence-corrected chi connectivity index (χ4v) is 2.97. The number of aryl methyl sites for hydroxylation is 2. The second-order valence-electron chi connectivity index (χ2n) is 4.18. The molecule has 2 rings (SSSR count). The Balaban J connectivity index is 2.21. The Morgan fingerprint density at radius 3 is 2.67 bits per heavy atom. The van der Waals surface area contributed by atoms with Crippen molar-refractivity contribution in [2.45, 2.75) is 32.6 Å². The summed E-state index contributed by atoms with van der Waals surface area (Å²) in [5.74, 6) is -1.62. The molecule has 0 saturated carbocycles. The molecule has 0 aromatic carbocycles. The molecular weight excluding hydrogens is 252 g/mol.